The van der Waals surface area contributed by atoms with Crippen LogP contribution in [0.5, 0.6) is 0 Å². The lowest BCUT2D eigenvalue weighted by atomic mass is 10.1. The average molecular weight is 206 g/mol. The van der Waals surface area contributed by atoms with Gasteiger partial charge in [0.2, 0.25) is 0 Å². The Balaban J connectivity index is 2.08. The van der Waals surface area contributed by atoms with Gasteiger partial charge in [0.1, 0.15) is 0 Å². The van der Waals surface area contributed by atoms with Gasteiger partial charge in [0.05, 0.1) is 19.4 Å². The van der Waals surface area contributed by atoms with Crippen molar-refractivity contribution >= 4 is 6.21 Å². The minimum absolute atomic E-state index is 0.220. The van der Waals surface area contributed by atoms with Crippen molar-refractivity contribution in [3.05, 3.63) is 35.4 Å². The maximum atomic E-state index is 5.48. The fourth-order valence-corrected chi connectivity index (χ4v) is 1.51. The molecule has 2 rings (SSSR count). The first-order valence-corrected chi connectivity index (χ1v) is 4.96. The van der Waals surface area contributed by atoms with Crippen molar-refractivity contribution in [2.75, 3.05) is 13.2 Å². The number of nitrogens with zero attached hydrogens (tertiary/aromatic N) is 1. The Kier molecular flexibility index (Phi) is 3.32. The lowest BCUT2D eigenvalue weighted by Gasteiger charge is -2.23. The molecule has 0 aromatic heterocycles. The number of hydrogen-bond donors (Lipinski definition) is 1. The SMILES string of the molecule is NN=Cc1ccc(C2OCCCO2)cc1. The molecule has 0 unspecified atom stereocenters. The normalized spacial score (nSPS) is 18.4. The van der Waals surface area contributed by atoms with Crippen LogP contribution in [0.1, 0.15) is 23.8 Å². The second kappa shape index (κ2) is 4.91. The molecular weight excluding hydrogens is 192 g/mol. The fourth-order valence-electron chi connectivity index (χ4n) is 1.51. The molecule has 15 heavy (non-hydrogen) atoms. The van der Waals surface area contributed by atoms with E-state index in [1.807, 2.05) is 24.3 Å². The highest BCUT2D eigenvalue weighted by molar-refractivity contribution is 5.79. The number of nitrogens with two attached hydrogens (primary N) is 1. The van der Waals surface area contributed by atoms with Crippen molar-refractivity contribution in [3.8, 4) is 0 Å². The number of hydrazone groups is 1. The van der Waals surface area contributed by atoms with Gasteiger partial charge in [-0.15, -0.1) is 0 Å². The summed E-state index contributed by atoms with van der Waals surface area (Å²) in [5.74, 6) is 5.06. The van der Waals surface area contributed by atoms with Gasteiger partial charge in [-0.2, -0.15) is 5.10 Å². The van der Waals surface area contributed by atoms with E-state index in [1.54, 1.807) is 6.21 Å². The maximum absolute atomic E-state index is 5.48. The van der Waals surface area contributed by atoms with Gasteiger partial charge < -0.3 is 15.3 Å². The zero-order valence-corrected chi connectivity index (χ0v) is 8.43. The van der Waals surface area contributed by atoms with Crippen molar-refractivity contribution in [1.82, 2.24) is 0 Å². The third-order valence-corrected chi connectivity index (χ3v) is 2.26. The second-order valence-corrected chi connectivity index (χ2v) is 3.37. The number of rotatable bonds is 2. The van der Waals surface area contributed by atoms with Gasteiger partial charge in [0, 0.05) is 5.56 Å². The van der Waals surface area contributed by atoms with Gasteiger partial charge in [0.25, 0.3) is 0 Å². The zero-order valence-electron chi connectivity index (χ0n) is 8.43. The Hall–Kier alpha value is -1.39. The molecule has 4 nitrogen and oxygen atoms in total. The van der Waals surface area contributed by atoms with E-state index >= 15 is 0 Å². The quantitative estimate of drug-likeness (QED) is 0.452. The van der Waals surface area contributed by atoms with E-state index in [-0.39, 0.29) is 6.29 Å². The van der Waals surface area contributed by atoms with Crippen LogP contribution in [0.3, 0.4) is 0 Å². The van der Waals surface area contributed by atoms with Crippen LogP contribution in [0.25, 0.3) is 0 Å². The predicted molar refractivity (Wildman–Crippen MR) is 57.5 cm³/mol. The molecule has 2 N–H and O–H groups in total. The lowest BCUT2D eigenvalue weighted by Crippen LogP contribution is -2.17. The molecule has 4 heteroatoms. The van der Waals surface area contributed by atoms with E-state index in [2.05, 4.69) is 5.10 Å². The molecule has 0 radical (unpaired) electrons. The number of hydrogen-bond acceptors (Lipinski definition) is 4. The highest BCUT2D eigenvalue weighted by Crippen LogP contribution is 2.22. The zero-order chi connectivity index (χ0) is 10.5. The molecule has 0 amide bonds. The van der Waals surface area contributed by atoms with Crippen LogP contribution in [0.2, 0.25) is 0 Å². The second-order valence-electron chi connectivity index (χ2n) is 3.37. The Morgan fingerprint density at radius 3 is 2.47 bits per heavy atom. The summed E-state index contributed by atoms with van der Waals surface area (Å²) in [6, 6.07) is 7.81. The first-order valence-electron chi connectivity index (χ1n) is 4.96. The topological polar surface area (TPSA) is 56.8 Å². The average Bonchev–Trinajstić information content (AvgIpc) is 2.32. The maximum Gasteiger partial charge on any atom is 0.183 e. The van der Waals surface area contributed by atoms with Crippen LogP contribution in [-0.2, 0) is 9.47 Å². The molecule has 0 atom stereocenters. The highest BCUT2D eigenvalue weighted by atomic mass is 16.7. The third-order valence-electron chi connectivity index (χ3n) is 2.26. The molecule has 0 aliphatic carbocycles. The van der Waals surface area contributed by atoms with E-state index < -0.39 is 0 Å². The lowest BCUT2D eigenvalue weighted by molar-refractivity contribution is -0.183. The van der Waals surface area contributed by atoms with Crippen LogP contribution in [0.15, 0.2) is 29.4 Å². The molecule has 0 spiro atoms. The first-order chi connectivity index (χ1) is 7.40. The van der Waals surface area contributed by atoms with Gasteiger partial charge in [-0.25, -0.2) is 0 Å². The molecule has 0 saturated carbocycles. The van der Waals surface area contributed by atoms with Crippen molar-refractivity contribution in [2.24, 2.45) is 10.9 Å². The van der Waals surface area contributed by atoms with E-state index in [1.165, 1.54) is 0 Å². The molecule has 1 aromatic rings. The minimum Gasteiger partial charge on any atom is -0.348 e. The molecule has 1 fully saturated rings. The molecule has 1 heterocycles. The summed E-state index contributed by atoms with van der Waals surface area (Å²) in [6.45, 7) is 1.52. The third kappa shape index (κ3) is 2.55. The van der Waals surface area contributed by atoms with Gasteiger partial charge in [-0.3, -0.25) is 0 Å². The van der Waals surface area contributed by atoms with Crippen LogP contribution in [-0.4, -0.2) is 19.4 Å². The Bertz CT molecular complexity index is 329. The number of benzene rings is 1. The van der Waals surface area contributed by atoms with Crippen LogP contribution in [0.4, 0.5) is 0 Å². The van der Waals surface area contributed by atoms with Gasteiger partial charge >= 0.3 is 0 Å². The number of ether oxygens (including phenoxy) is 2. The first kappa shape index (κ1) is 10.1. The fraction of sp³-hybridized carbons (Fsp3) is 0.364. The largest absolute Gasteiger partial charge is 0.348 e. The molecular formula is C11H14N2O2. The summed E-state index contributed by atoms with van der Waals surface area (Å²) in [5, 5.41) is 3.46. The summed E-state index contributed by atoms with van der Waals surface area (Å²) in [4.78, 5) is 0. The highest BCUT2D eigenvalue weighted by Gasteiger charge is 2.15. The van der Waals surface area contributed by atoms with Crippen molar-refractivity contribution in [3.63, 3.8) is 0 Å². The Morgan fingerprint density at radius 1 is 1.20 bits per heavy atom. The summed E-state index contributed by atoms with van der Waals surface area (Å²) in [7, 11) is 0. The van der Waals surface area contributed by atoms with E-state index in [0.29, 0.717) is 0 Å². The van der Waals surface area contributed by atoms with Crippen molar-refractivity contribution in [1.29, 1.82) is 0 Å². The summed E-state index contributed by atoms with van der Waals surface area (Å²) in [6.07, 6.45) is 2.35. The van der Waals surface area contributed by atoms with E-state index in [9.17, 15) is 0 Å². The molecule has 0 bridgehead atoms. The standard InChI is InChI=1S/C11H14N2O2/c12-13-8-9-2-4-10(5-3-9)11-14-6-1-7-15-11/h2-5,8,11H,1,6-7,12H2. The van der Waals surface area contributed by atoms with Crippen LogP contribution in [0, 0.1) is 0 Å². The van der Waals surface area contributed by atoms with E-state index in [4.69, 9.17) is 15.3 Å². The van der Waals surface area contributed by atoms with Crippen LogP contribution < -0.4 is 5.84 Å². The molecule has 1 aliphatic heterocycles. The Labute approximate surface area is 88.7 Å². The minimum atomic E-state index is -0.220. The molecule has 1 aromatic carbocycles. The molecule has 1 aliphatic rings. The van der Waals surface area contributed by atoms with Crippen molar-refractivity contribution in [2.45, 2.75) is 12.7 Å². The summed E-state index contributed by atoms with van der Waals surface area (Å²) >= 11 is 0. The summed E-state index contributed by atoms with van der Waals surface area (Å²) in [5.41, 5.74) is 2.00. The molecule has 80 valence electrons. The Morgan fingerprint density at radius 2 is 1.87 bits per heavy atom. The summed E-state index contributed by atoms with van der Waals surface area (Å²) < 4.78 is 11.0. The van der Waals surface area contributed by atoms with Gasteiger partial charge in [0.15, 0.2) is 6.29 Å². The van der Waals surface area contributed by atoms with E-state index in [0.717, 1.165) is 30.8 Å². The van der Waals surface area contributed by atoms with Crippen LogP contribution >= 0.6 is 0 Å². The molecule has 1 saturated heterocycles. The van der Waals surface area contributed by atoms with Gasteiger partial charge in [-0.1, -0.05) is 24.3 Å². The monoisotopic (exact) mass is 206 g/mol. The van der Waals surface area contributed by atoms with Crippen molar-refractivity contribution < 1.29 is 9.47 Å². The predicted octanol–water partition coefficient (Wildman–Crippen LogP) is 1.41. The smallest absolute Gasteiger partial charge is 0.183 e. The van der Waals surface area contributed by atoms with Gasteiger partial charge in [-0.05, 0) is 12.0 Å².